The van der Waals surface area contributed by atoms with Crippen molar-refractivity contribution in [2.75, 3.05) is 6.61 Å². The van der Waals surface area contributed by atoms with Gasteiger partial charge in [0, 0.05) is 6.04 Å². The van der Waals surface area contributed by atoms with Gasteiger partial charge in [-0.1, -0.05) is 38.0 Å². The van der Waals surface area contributed by atoms with Crippen LogP contribution in [0.5, 0.6) is 0 Å². The van der Waals surface area contributed by atoms with Gasteiger partial charge in [0.15, 0.2) is 0 Å². The first-order chi connectivity index (χ1) is 9.72. The first kappa shape index (κ1) is 15.1. The summed E-state index contributed by atoms with van der Waals surface area (Å²) < 4.78 is 0. The van der Waals surface area contributed by atoms with E-state index in [4.69, 9.17) is 5.11 Å². The Morgan fingerprint density at radius 1 is 1.50 bits per heavy atom. The van der Waals surface area contributed by atoms with E-state index in [0.29, 0.717) is 10.9 Å². The first-order valence-electron chi connectivity index (χ1n) is 7.23. The lowest BCUT2D eigenvalue weighted by Gasteiger charge is -2.28. The molecule has 2 atom stereocenters. The molecule has 1 aromatic rings. The Bertz CT molecular complexity index is 512. The zero-order valence-electron chi connectivity index (χ0n) is 11.8. The predicted octanol–water partition coefficient (Wildman–Crippen LogP) is 2.79. The fourth-order valence-corrected chi connectivity index (χ4v) is 3.49. The molecule has 1 fully saturated rings. The smallest absolute Gasteiger partial charge is 0.261 e. The molecule has 0 spiro atoms. The average molecular weight is 291 g/mol. The van der Waals surface area contributed by atoms with Crippen LogP contribution in [-0.2, 0) is 0 Å². The standard InChI is InChI=1S/C16H21NO2S/c1-2-12-5-3-6-13(11-12)17-16(19)15-9-8-14(20-15)7-4-10-18/h8-9,12-13,18H,2-3,5-6,10-11H2,1H3,(H,17,19). The van der Waals surface area contributed by atoms with E-state index in [0.717, 1.165) is 23.6 Å². The van der Waals surface area contributed by atoms with Gasteiger partial charge in [0.25, 0.3) is 5.91 Å². The van der Waals surface area contributed by atoms with E-state index in [-0.39, 0.29) is 12.5 Å². The third-order valence-electron chi connectivity index (χ3n) is 3.82. The Morgan fingerprint density at radius 2 is 2.35 bits per heavy atom. The summed E-state index contributed by atoms with van der Waals surface area (Å²) in [6, 6.07) is 3.95. The molecule has 1 aromatic heterocycles. The highest BCUT2D eigenvalue weighted by Gasteiger charge is 2.22. The molecule has 3 nitrogen and oxygen atoms in total. The number of aliphatic hydroxyl groups excluding tert-OH is 1. The van der Waals surface area contributed by atoms with E-state index in [1.807, 2.05) is 12.1 Å². The average Bonchev–Trinajstić information content (AvgIpc) is 2.94. The second-order valence-electron chi connectivity index (χ2n) is 5.24. The molecule has 4 heteroatoms. The molecule has 0 radical (unpaired) electrons. The molecule has 20 heavy (non-hydrogen) atoms. The second-order valence-corrected chi connectivity index (χ2v) is 6.32. The van der Waals surface area contributed by atoms with Gasteiger partial charge in [-0.05, 0) is 30.9 Å². The highest BCUT2D eigenvalue weighted by Crippen LogP contribution is 2.27. The summed E-state index contributed by atoms with van der Waals surface area (Å²) in [5.41, 5.74) is 0. The van der Waals surface area contributed by atoms with E-state index < -0.39 is 0 Å². The molecule has 2 rings (SSSR count). The number of carbonyl (C=O) groups is 1. The van der Waals surface area contributed by atoms with E-state index in [1.54, 1.807) is 0 Å². The SMILES string of the molecule is CCC1CCCC(NC(=O)c2ccc(C#CCO)s2)C1. The van der Waals surface area contributed by atoms with E-state index in [2.05, 4.69) is 24.1 Å². The van der Waals surface area contributed by atoms with Gasteiger partial charge in [0.1, 0.15) is 6.61 Å². The summed E-state index contributed by atoms with van der Waals surface area (Å²) in [7, 11) is 0. The van der Waals surface area contributed by atoms with E-state index >= 15 is 0 Å². The van der Waals surface area contributed by atoms with E-state index in [1.165, 1.54) is 30.6 Å². The van der Waals surface area contributed by atoms with Crippen LogP contribution in [-0.4, -0.2) is 23.7 Å². The molecule has 2 N–H and O–H groups in total. The molecule has 2 unspecified atom stereocenters. The zero-order chi connectivity index (χ0) is 14.4. The lowest BCUT2D eigenvalue weighted by Crippen LogP contribution is -2.38. The Balaban J connectivity index is 1.92. The lowest BCUT2D eigenvalue weighted by molar-refractivity contribution is 0.0923. The Hall–Kier alpha value is -1.31. The molecule has 0 aromatic carbocycles. The van der Waals surface area contributed by atoms with Crippen molar-refractivity contribution >= 4 is 17.2 Å². The van der Waals surface area contributed by atoms with Crippen molar-refractivity contribution < 1.29 is 9.90 Å². The number of hydrogen-bond acceptors (Lipinski definition) is 3. The fraction of sp³-hybridized carbons (Fsp3) is 0.562. The monoisotopic (exact) mass is 291 g/mol. The van der Waals surface area contributed by atoms with Gasteiger partial charge in [-0.2, -0.15) is 0 Å². The highest BCUT2D eigenvalue weighted by molar-refractivity contribution is 7.14. The molecule has 1 heterocycles. The van der Waals surface area contributed by atoms with Gasteiger partial charge in [-0.25, -0.2) is 0 Å². The molecule has 0 saturated heterocycles. The van der Waals surface area contributed by atoms with E-state index in [9.17, 15) is 4.79 Å². The number of aliphatic hydroxyl groups is 1. The summed E-state index contributed by atoms with van der Waals surface area (Å²) in [4.78, 5) is 13.7. The quantitative estimate of drug-likeness (QED) is 0.841. The molecule has 1 aliphatic rings. The maximum absolute atomic E-state index is 12.2. The minimum atomic E-state index is -0.153. The van der Waals surface area contributed by atoms with Crippen LogP contribution in [0.15, 0.2) is 12.1 Å². The highest BCUT2D eigenvalue weighted by atomic mass is 32.1. The van der Waals surface area contributed by atoms with Crippen molar-refractivity contribution in [2.24, 2.45) is 5.92 Å². The van der Waals surface area contributed by atoms with Gasteiger partial charge in [-0.15, -0.1) is 11.3 Å². The maximum Gasteiger partial charge on any atom is 0.261 e. The van der Waals surface area contributed by atoms with Crippen LogP contribution in [0.4, 0.5) is 0 Å². The largest absolute Gasteiger partial charge is 0.384 e. The van der Waals surface area contributed by atoms with Crippen LogP contribution < -0.4 is 5.32 Å². The molecule has 0 bridgehead atoms. The van der Waals surface area contributed by atoms with Crippen molar-refractivity contribution in [2.45, 2.75) is 45.1 Å². The van der Waals surface area contributed by atoms with Gasteiger partial charge < -0.3 is 10.4 Å². The molecular weight excluding hydrogens is 270 g/mol. The van der Waals surface area contributed by atoms with Crippen molar-refractivity contribution in [3.63, 3.8) is 0 Å². The summed E-state index contributed by atoms with van der Waals surface area (Å²) in [6.45, 7) is 2.07. The summed E-state index contributed by atoms with van der Waals surface area (Å²) in [5, 5.41) is 11.8. The Labute approximate surface area is 124 Å². The third-order valence-corrected chi connectivity index (χ3v) is 4.82. The summed E-state index contributed by atoms with van der Waals surface area (Å²) in [5.74, 6) is 6.19. The van der Waals surface area contributed by atoms with Gasteiger partial charge in [0.2, 0.25) is 0 Å². The number of amides is 1. The van der Waals surface area contributed by atoms with Crippen molar-refractivity contribution in [3.05, 3.63) is 21.9 Å². The van der Waals surface area contributed by atoms with Crippen molar-refractivity contribution in [1.82, 2.24) is 5.32 Å². The summed E-state index contributed by atoms with van der Waals surface area (Å²) in [6.07, 6.45) is 5.89. The third kappa shape index (κ3) is 4.09. The van der Waals surface area contributed by atoms with Gasteiger partial charge in [0.05, 0.1) is 9.75 Å². The van der Waals surface area contributed by atoms with Crippen LogP contribution >= 0.6 is 11.3 Å². The fourth-order valence-electron chi connectivity index (χ4n) is 2.70. The Kier molecular flexibility index (Phi) is 5.63. The topological polar surface area (TPSA) is 49.3 Å². The van der Waals surface area contributed by atoms with Crippen LogP contribution in [0.1, 0.15) is 53.6 Å². The van der Waals surface area contributed by atoms with Crippen LogP contribution in [0.2, 0.25) is 0 Å². The summed E-state index contributed by atoms with van der Waals surface area (Å²) >= 11 is 1.38. The Morgan fingerprint density at radius 3 is 3.10 bits per heavy atom. The predicted molar refractivity (Wildman–Crippen MR) is 81.8 cm³/mol. The van der Waals surface area contributed by atoms with Crippen molar-refractivity contribution in [1.29, 1.82) is 0 Å². The molecule has 1 aliphatic carbocycles. The molecule has 1 saturated carbocycles. The number of hydrogen-bond donors (Lipinski definition) is 2. The minimum absolute atomic E-state index is 0.00815. The number of carbonyl (C=O) groups excluding carboxylic acids is 1. The second kappa shape index (κ2) is 7.47. The minimum Gasteiger partial charge on any atom is -0.384 e. The molecule has 0 aliphatic heterocycles. The van der Waals surface area contributed by atoms with Gasteiger partial charge >= 0.3 is 0 Å². The van der Waals surface area contributed by atoms with Crippen LogP contribution in [0, 0.1) is 17.8 Å². The van der Waals surface area contributed by atoms with Crippen molar-refractivity contribution in [3.8, 4) is 11.8 Å². The molecular formula is C16H21NO2S. The maximum atomic E-state index is 12.2. The number of rotatable bonds is 3. The molecule has 1 amide bonds. The normalized spacial score (nSPS) is 21.9. The van der Waals surface area contributed by atoms with Crippen LogP contribution in [0.25, 0.3) is 0 Å². The van der Waals surface area contributed by atoms with Crippen LogP contribution in [0.3, 0.4) is 0 Å². The lowest BCUT2D eigenvalue weighted by atomic mass is 9.84. The number of nitrogens with one attached hydrogen (secondary N) is 1. The first-order valence-corrected chi connectivity index (χ1v) is 8.05. The van der Waals surface area contributed by atoms with Gasteiger partial charge in [-0.3, -0.25) is 4.79 Å². The number of thiophene rings is 1. The molecule has 108 valence electrons. The zero-order valence-corrected chi connectivity index (χ0v) is 12.6.